The van der Waals surface area contributed by atoms with Gasteiger partial charge in [-0.3, -0.25) is 9.69 Å². The number of anilines is 2. The molecule has 0 saturated heterocycles. The van der Waals surface area contributed by atoms with Gasteiger partial charge in [-0.15, -0.1) is 0 Å². The number of halogens is 2. The Bertz CT molecular complexity index is 1220. The molecule has 0 saturated carbocycles. The predicted octanol–water partition coefficient (Wildman–Crippen LogP) is 4.83. The molecule has 1 aliphatic rings. The fourth-order valence-electron chi connectivity index (χ4n) is 4.13. The molecule has 0 spiro atoms. The van der Waals surface area contributed by atoms with Crippen LogP contribution in [0, 0.1) is 0 Å². The van der Waals surface area contributed by atoms with Crippen molar-refractivity contribution in [3.8, 4) is 0 Å². The highest BCUT2D eigenvalue weighted by atomic mass is 35.5. The number of hydrogen-bond donors (Lipinski definition) is 3. The SMILES string of the molecule is CN(CCCNC(=O)[C@@]1(O)c2ccccc2NC(=O)N1c1ccc(Cl)c(Cl)c1)Cc1ccccc1. The van der Waals surface area contributed by atoms with E-state index in [9.17, 15) is 14.7 Å². The topological polar surface area (TPSA) is 84.9 Å². The number of benzene rings is 3. The smallest absolute Gasteiger partial charge is 0.329 e. The van der Waals surface area contributed by atoms with Gasteiger partial charge in [-0.2, -0.15) is 0 Å². The Hall–Kier alpha value is -3.10. The highest BCUT2D eigenvalue weighted by Crippen LogP contribution is 2.41. The Balaban J connectivity index is 1.51. The van der Waals surface area contributed by atoms with E-state index in [4.69, 9.17) is 23.2 Å². The van der Waals surface area contributed by atoms with Crippen LogP contribution in [0.5, 0.6) is 0 Å². The third-order valence-corrected chi connectivity index (χ3v) is 6.59. The van der Waals surface area contributed by atoms with Gasteiger partial charge in [0.15, 0.2) is 0 Å². The van der Waals surface area contributed by atoms with Crippen molar-refractivity contribution in [2.45, 2.75) is 18.7 Å². The first-order valence-electron chi connectivity index (χ1n) is 11.2. The maximum Gasteiger partial charge on any atom is 0.329 e. The minimum Gasteiger partial charge on any atom is -0.359 e. The van der Waals surface area contributed by atoms with E-state index in [-0.39, 0.29) is 16.3 Å². The van der Waals surface area contributed by atoms with Crippen LogP contribution in [0.4, 0.5) is 16.2 Å². The second-order valence-electron chi connectivity index (χ2n) is 8.41. The van der Waals surface area contributed by atoms with E-state index in [0.29, 0.717) is 23.7 Å². The molecule has 1 aliphatic heterocycles. The fourth-order valence-corrected chi connectivity index (χ4v) is 4.43. The van der Waals surface area contributed by atoms with Gasteiger partial charge in [0.25, 0.3) is 11.6 Å². The van der Waals surface area contributed by atoms with Gasteiger partial charge in [-0.25, -0.2) is 4.79 Å². The molecule has 3 N–H and O–H groups in total. The summed E-state index contributed by atoms with van der Waals surface area (Å²) in [5.41, 5.74) is -0.244. The van der Waals surface area contributed by atoms with Crippen molar-refractivity contribution in [2.24, 2.45) is 0 Å². The standard InChI is InChI=1S/C26H26Cl2N4O3/c1-31(17-18-8-3-2-4-9-18)15-7-14-29-24(33)26(35)20-10-5-6-11-23(20)30-25(34)32(26)19-12-13-21(27)22(28)16-19/h2-6,8-13,16,35H,7,14-15,17H2,1H3,(H,29,33)(H,30,34)/t26-/m0/s1. The Kier molecular flexibility index (Phi) is 7.62. The van der Waals surface area contributed by atoms with E-state index in [1.165, 1.54) is 23.8 Å². The van der Waals surface area contributed by atoms with Crippen LogP contribution in [0.25, 0.3) is 0 Å². The molecule has 0 radical (unpaired) electrons. The molecular formula is C26H26Cl2N4O3. The summed E-state index contributed by atoms with van der Waals surface area (Å²) in [5.74, 6) is -0.711. The summed E-state index contributed by atoms with van der Waals surface area (Å²) in [6, 6.07) is 20.6. The van der Waals surface area contributed by atoms with Crippen LogP contribution in [0.3, 0.4) is 0 Å². The monoisotopic (exact) mass is 512 g/mol. The maximum absolute atomic E-state index is 13.4. The van der Waals surface area contributed by atoms with Crippen LogP contribution in [-0.2, 0) is 17.1 Å². The average Bonchev–Trinajstić information content (AvgIpc) is 2.84. The van der Waals surface area contributed by atoms with Crippen molar-refractivity contribution >= 4 is 46.5 Å². The fraction of sp³-hybridized carbons (Fsp3) is 0.231. The second-order valence-corrected chi connectivity index (χ2v) is 9.23. The molecule has 3 amide bonds. The van der Waals surface area contributed by atoms with Gasteiger partial charge < -0.3 is 20.6 Å². The Morgan fingerprint density at radius 1 is 1.06 bits per heavy atom. The van der Waals surface area contributed by atoms with E-state index in [0.717, 1.165) is 18.0 Å². The Labute approximate surface area is 214 Å². The average molecular weight is 513 g/mol. The van der Waals surface area contributed by atoms with Crippen molar-refractivity contribution in [2.75, 3.05) is 30.4 Å². The number of fused-ring (bicyclic) bond motifs is 1. The Morgan fingerprint density at radius 3 is 2.51 bits per heavy atom. The largest absolute Gasteiger partial charge is 0.359 e. The molecule has 0 aromatic heterocycles. The molecule has 0 aliphatic carbocycles. The number of rotatable bonds is 8. The van der Waals surface area contributed by atoms with Gasteiger partial charge in [-0.1, -0.05) is 71.7 Å². The number of carbonyl (C=O) groups is 2. The molecule has 3 aromatic rings. The van der Waals surface area contributed by atoms with Crippen LogP contribution in [0.2, 0.25) is 10.0 Å². The predicted molar refractivity (Wildman–Crippen MR) is 139 cm³/mol. The lowest BCUT2D eigenvalue weighted by Gasteiger charge is -2.42. The van der Waals surface area contributed by atoms with Crippen LogP contribution >= 0.6 is 23.2 Å². The van der Waals surface area contributed by atoms with E-state index in [1.807, 2.05) is 25.2 Å². The van der Waals surface area contributed by atoms with E-state index in [2.05, 4.69) is 27.7 Å². The van der Waals surface area contributed by atoms with Gasteiger partial charge in [-0.05, 0) is 49.8 Å². The molecule has 0 unspecified atom stereocenters. The number of hydrogen-bond acceptors (Lipinski definition) is 4. The summed E-state index contributed by atoms with van der Waals surface area (Å²) in [7, 11) is 2.01. The zero-order valence-corrected chi connectivity index (χ0v) is 20.7. The summed E-state index contributed by atoms with van der Waals surface area (Å²) < 4.78 is 0. The van der Waals surface area contributed by atoms with Gasteiger partial charge >= 0.3 is 6.03 Å². The van der Waals surface area contributed by atoms with Crippen molar-refractivity contribution < 1.29 is 14.7 Å². The molecular weight excluding hydrogens is 487 g/mol. The highest BCUT2D eigenvalue weighted by molar-refractivity contribution is 6.42. The van der Waals surface area contributed by atoms with Crippen LogP contribution in [-0.4, -0.2) is 42.1 Å². The molecule has 0 fully saturated rings. The zero-order valence-electron chi connectivity index (χ0n) is 19.2. The van der Waals surface area contributed by atoms with Crippen LogP contribution < -0.4 is 15.5 Å². The molecule has 9 heteroatoms. The Morgan fingerprint density at radius 2 is 1.77 bits per heavy atom. The lowest BCUT2D eigenvalue weighted by molar-refractivity contribution is -0.140. The van der Waals surface area contributed by atoms with Crippen LogP contribution in [0.15, 0.2) is 72.8 Å². The third kappa shape index (κ3) is 5.28. The zero-order chi connectivity index (χ0) is 25.0. The molecule has 3 aromatic carbocycles. The number of nitrogens with one attached hydrogen (secondary N) is 2. The second kappa shape index (κ2) is 10.7. The number of nitrogens with zero attached hydrogens (tertiary/aromatic N) is 2. The maximum atomic E-state index is 13.4. The molecule has 1 heterocycles. The van der Waals surface area contributed by atoms with Crippen LogP contribution in [0.1, 0.15) is 17.5 Å². The summed E-state index contributed by atoms with van der Waals surface area (Å²) in [6.07, 6.45) is 0.659. The number of carbonyl (C=O) groups excluding carboxylic acids is 2. The van der Waals surface area contributed by atoms with Gasteiger partial charge in [0.1, 0.15) is 0 Å². The van der Waals surface area contributed by atoms with Crippen molar-refractivity contribution in [3.63, 3.8) is 0 Å². The number of aliphatic hydroxyl groups is 1. The van der Waals surface area contributed by atoms with Crippen molar-refractivity contribution in [1.82, 2.24) is 10.2 Å². The summed E-state index contributed by atoms with van der Waals surface area (Å²) in [6.45, 7) is 1.85. The minimum absolute atomic E-state index is 0.194. The van der Waals surface area contributed by atoms with E-state index < -0.39 is 17.7 Å². The summed E-state index contributed by atoms with van der Waals surface area (Å²) >= 11 is 12.2. The third-order valence-electron chi connectivity index (χ3n) is 5.85. The van der Waals surface area contributed by atoms with Crippen molar-refractivity contribution in [1.29, 1.82) is 0 Å². The molecule has 182 valence electrons. The molecule has 7 nitrogen and oxygen atoms in total. The quantitative estimate of drug-likeness (QED) is 0.377. The van der Waals surface area contributed by atoms with E-state index in [1.54, 1.807) is 24.3 Å². The molecule has 35 heavy (non-hydrogen) atoms. The normalized spacial score (nSPS) is 17.2. The molecule has 1 atom stereocenters. The number of amides is 3. The first-order valence-corrected chi connectivity index (χ1v) is 11.9. The summed E-state index contributed by atoms with van der Waals surface area (Å²) in [5, 5.41) is 17.8. The number of urea groups is 1. The summed E-state index contributed by atoms with van der Waals surface area (Å²) in [4.78, 5) is 29.7. The van der Waals surface area contributed by atoms with Gasteiger partial charge in [0.2, 0.25) is 0 Å². The number of para-hydroxylation sites is 1. The first kappa shape index (κ1) is 25.0. The lowest BCUT2D eigenvalue weighted by atomic mass is 9.94. The minimum atomic E-state index is -2.29. The van der Waals surface area contributed by atoms with Gasteiger partial charge in [0, 0.05) is 18.7 Å². The van der Waals surface area contributed by atoms with Crippen molar-refractivity contribution in [3.05, 3.63) is 94.0 Å². The lowest BCUT2D eigenvalue weighted by Crippen LogP contribution is -2.62. The van der Waals surface area contributed by atoms with Gasteiger partial charge in [0.05, 0.1) is 21.4 Å². The van der Waals surface area contributed by atoms with E-state index >= 15 is 0 Å². The molecule has 4 rings (SSSR count). The molecule has 0 bridgehead atoms. The first-order chi connectivity index (χ1) is 16.8. The highest BCUT2D eigenvalue weighted by Gasteiger charge is 2.51.